The van der Waals surface area contributed by atoms with Crippen molar-refractivity contribution in [2.75, 3.05) is 5.34 Å². The normalized spacial score (nSPS) is 5.38. The van der Waals surface area contributed by atoms with Gasteiger partial charge in [-0.2, -0.15) is 0 Å². The van der Waals surface area contributed by atoms with Crippen molar-refractivity contribution >= 4 is 29.2 Å². The van der Waals surface area contributed by atoms with Crippen LogP contribution in [0.5, 0.6) is 0 Å². The third-order valence-electron chi connectivity index (χ3n) is 0. The second kappa shape index (κ2) is 15.7. The van der Waals surface area contributed by atoms with E-state index >= 15 is 0 Å². The fraction of sp³-hybridized carbons (Fsp3) is 0.667. The highest BCUT2D eigenvalue weighted by molar-refractivity contribution is 6.40. The summed E-state index contributed by atoms with van der Waals surface area (Å²) in [6.45, 7) is 1.08. The Morgan fingerprint density at radius 2 is 1.62 bits per heavy atom. The zero-order valence-electron chi connectivity index (χ0n) is 4.32. The summed E-state index contributed by atoms with van der Waals surface area (Å²) in [6.07, 6.45) is 0. The van der Waals surface area contributed by atoms with Crippen molar-refractivity contribution < 1.29 is 15.4 Å². The Morgan fingerprint density at radius 3 is 1.62 bits per heavy atom. The molecule has 0 rings (SSSR count). The van der Waals surface area contributed by atoms with E-state index in [4.69, 9.17) is 33.1 Å². The molecule has 0 aromatic carbocycles. The molecule has 5 heteroatoms. The van der Waals surface area contributed by atoms with E-state index in [1.54, 1.807) is 0 Å². The molecule has 8 heavy (non-hydrogen) atoms. The Balaban J connectivity index is -0.0000000575. The lowest BCUT2D eigenvalue weighted by Gasteiger charge is -1.59. The average Bonchev–Trinajstić information content (AvgIpc) is 1.33. The van der Waals surface area contributed by atoms with E-state index in [0.29, 0.717) is 0 Å². The maximum absolute atomic E-state index is 9.00. The minimum Gasteiger partial charge on any atom is -0.481 e. The van der Waals surface area contributed by atoms with Crippen molar-refractivity contribution in [1.29, 1.82) is 0 Å². The minimum atomic E-state index is -0.833. The van der Waals surface area contributed by atoms with Gasteiger partial charge in [0.15, 0.2) is 0 Å². The van der Waals surface area contributed by atoms with E-state index < -0.39 is 5.97 Å². The van der Waals surface area contributed by atoms with Crippen LogP contribution in [0.1, 0.15) is 6.92 Å². The summed E-state index contributed by atoms with van der Waals surface area (Å²) in [7, 11) is 0. The summed E-state index contributed by atoms with van der Waals surface area (Å²) in [5, 5.41) is 7.61. The average molecular weight is 163 g/mol. The lowest BCUT2D eigenvalue weighted by Crippen LogP contribution is -1.78. The number of carbonyl (C=O) groups is 1. The fourth-order valence-electron chi connectivity index (χ4n) is 0. The Kier molecular flexibility index (Phi) is 30.9. The van der Waals surface area contributed by atoms with Gasteiger partial charge in [0, 0.05) is 6.92 Å². The second-order valence-electron chi connectivity index (χ2n) is 0.620. The van der Waals surface area contributed by atoms with Crippen LogP contribution in [0.25, 0.3) is 0 Å². The van der Waals surface area contributed by atoms with Gasteiger partial charge in [0.1, 0.15) is 0 Å². The highest BCUT2D eigenvalue weighted by Gasteiger charge is 1.65. The summed E-state index contributed by atoms with van der Waals surface area (Å²) < 4.78 is 0. The molecule has 0 aromatic heterocycles. The van der Waals surface area contributed by atoms with Crippen LogP contribution in [-0.4, -0.2) is 21.9 Å². The van der Waals surface area contributed by atoms with Crippen LogP contribution in [0.4, 0.5) is 0 Å². The van der Waals surface area contributed by atoms with Crippen LogP contribution >= 0.6 is 23.2 Å². The van der Waals surface area contributed by atoms with Gasteiger partial charge in [0.25, 0.3) is 5.97 Å². The molecule has 0 radical (unpaired) electrons. The quantitative estimate of drug-likeness (QED) is 0.533. The number of hydrogen-bond acceptors (Lipinski definition) is 1. The maximum atomic E-state index is 9.00. The van der Waals surface area contributed by atoms with E-state index in [1.807, 2.05) is 0 Å². The molecule has 52 valence electrons. The first-order chi connectivity index (χ1) is 3.15. The van der Waals surface area contributed by atoms with Gasteiger partial charge in [-0.1, -0.05) is 0 Å². The predicted molar refractivity (Wildman–Crippen MR) is 33.5 cm³/mol. The molecular weight excluding hydrogens is 155 g/mol. The molecule has 0 saturated heterocycles. The maximum Gasteiger partial charge on any atom is 0.300 e. The summed E-state index contributed by atoms with van der Waals surface area (Å²) >= 11 is 9.53. The van der Waals surface area contributed by atoms with Crippen LogP contribution in [0.15, 0.2) is 0 Å². The van der Waals surface area contributed by atoms with Crippen LogP contribution < -0.4 is 0 Å². The summed E-state index contributed by atoms with van der Waals surface area (Å²) in [6, 6.07) is 0. The first-order valence-electron chi connectivity index (χ1n) is 1.46. The lowest BCUT2D eigenvalue weighted by molar-refractivity contribution is -0.134. The summed E-state index contributed by atoms with van der Waals surface area (Å²) in [5.74, 6) is -0.833. The molecule has 0 unspecified atom stereocenters. The van der Waals surface area contributed by atoms with E-state index in [1.165, 1.54) is 0 Å². The van der Waals surface area contributed by atoms with E-state index in [-0.39, 0.29) is 10.8 Å². The van der Waals surface area contributed by atoms with Gasteiger partial charge in [0.05, 0.1) is 5.34 Å². The van der Waals surface area contributed by atoms with Gasteiger partial charge in [-0.15, -0.1) is 23.2 Å². The fourth-order valence-corrected chi connectivity index (χ4v) is 0. The molecule has 0 heterocycles. The number of alkyl halides is 2. The lowest BCUT2D eigenvalue weighted by atomic mass is 10.9. The number of carboxylic acids is 1. The molecule has 0 fully saturated rings. The minimum absolute atomic E-state index is 0. The highest BCUT2D eigenvalue weighted by Crippen LogP contribution is 1.73. The van der Waals surface area contributed by atoms with Crippen molar-refractivity contribution in [1.82, 2.24) is 0 Å². The topological polar surface area (TPSA) is 68.8 Å². The first-order valence-corrected chi connectivity index (χ1v) is 2.53. The Morgan fingerprint density at radius 1 is 1.62 bits per heavy atom. The largest absolute Gasteiger partial charge is 0.481 e. The molecule has 3 N–H and O–H groups in total. The van der Waals surface area contributed by atoms with Gasteiger partial charge in [-0.25, -0.2) is 0 Å². The summed E-state index contributed by atoms with van der Waals surface area (Å²) in [5.41, 5.74) is 0. The smallest absolute Gasteiger partial charge is 0.300 e. The Hall–Kier alpha value is 0.01000. The molecule has 0 aliphatic carbocycles. The van der Waals surface area contributed by atoms with Gasteiger partial charge < -0.3 is 10.6 Å². The van der Waals surface area contributed by atoms with Crippen LogP contribution in [0, 0.1) is 0 Å². The molecule has 0 saturated carbocycles. The van der Waals surface area contributed by atoms with E-state index in [2.05, 4.69) is 0 Å². The second-order valence-corrected chi connectivity index (χ2v) is 1.43. The molecule has 0 aromatic rings. The van der Waals surface area contributed by atoms with E-state index in [9.17, 15) is 0 Å². The highest BCUT2D eigenvalue weighted by atomic mass is 35.5. The molecule has 3 nitrogen and oxygen atoms in total. The molecule has 0 spiro atoms. The summed E-state index contributed by atoms with van der Waals surface area (Å²) in [4.78, 5) is 9.00. The standard InChI is InChI=1S/C2H4O2.CH2Cl2.H2O/c1-2(3)4;2-1-3;/h1H3,(H,3,4);1H2;1H2. The van der Waals surface area contributed by atoms with Gasteiger partial charge in [0.2, 0.25) is 0 Å². The molecular formula is C3H8Cl2O3. The van der Waals surface area contributed by atoms with Gasteiger partial charge in [-0.3, -0.25) is 4.79 Å². The van der Waals surface area contributed by atoms with Crippen LogP contribution in [0.2, 0.25) is 0 Å². The van der Waals surface area contributed by atoms with Gasteiger partial charge >= 0.3 is 0 Å². The zero-order valence-corrected chi connectivity index (χ0v) is 5.83. The number of hydrogen-bond donors (Lipinski definition) is 1. The number of halogens is 2. The van der Waals surface area contributed by atoms with Crippen molar-refractivity contribution in [2.45, 2.75) is 6.92 Å². The number of carboxylic acid groups (broad SMARTS) is 1. The number of rotatable bonds is 0. The SMILES string of the molecule is CC(=O)O.ClCCl.O. The van der Waals surface area contributed by atoms with E-state index in [0.717, 1.165) is 6.92 Å². The molecule has 0 aliphatic rings. The van der Waals surface area contributed by atoms with Crippen LogP contribution in [-0.2, 0) is 4.79 Å². The molecule has 0 aliphatic heterocycles. The first kappa shape index (κ1) is 15.7. The monoisotopic (exact) mass is 162 g/mol. The predicted octanol–water partition coefficient (Wildman–Crippen LogP) is 0.688. The van der Waals surface area contributed by atoms with Crippen molar-refractivity contribution in [2.24, 2.45) is 0 Å². The van der Waals surface area contributed by atoms with Crippen molar-refractivity contribution in [3.05, 3.63) is 0 Å². The molecule has 0 atom stereocenters. The van der Waals surface area contributed by atoms with Crippen molar-refractivity contribution in [3.63, 3.8) is 0 Å². The Labute approximate surface area is 57.5 Å². The third-order valence-corrected chi connectivity index (χ3v) is 0. The Bertz CT molecular complexity index is 43.8. The number of aliphatic carboxylic acids is 1. The van der Waals surface area contributed by atoms with Gasteiger partial charge in [-0.05, 0) is 0 Å². The zero-order chi connectivity index (χ0) is 6.28. The third kappa shape index (κ3) is 1510000. The molecule has 0 bridgehead atoms. The van der Waals surface area contributed by atoms with Crippen molar-refractivity contribution in [3.8, 4) is 0 Å². The van der Waals surface area contributed by atoms with Crippen LogP contribution in [0.3, 0.4) is 0 Å². The molecule has 0 amide bonds.